The van der Waals surface area contributed by atoms with Crippen molar-refractivity contribution in [3.8, 4) is 11.8 Å². The molecule has 0 saturated heterocycles. The monoisotopic (exact) mass is 437 g/mol. The van der Waals surface area contributed by atoms with Gasteiger partial charge in [0.2, 0.25) is 5.91 Å². The SMILES string of the molecule is N#CCNC(=O)[C@H](CSCc1ccc(OC(F)(F)F)cc1)NC(=O)c1ccccc1. The number of carbonyl (C=O) groups excluding carboxylic acids is 2. The van der Waals surface area contributed by atoms with Crippen LogP contribution in [-0.4, -0.2) is 36.5 Å². The molecule has 2 aromatic rings. The minimum absolute atomic E-state index is 0.193. The molecule has 2 rings (SSSR count). The zero-order valence-electron chi connectivity index (χ0n) is 15.6. The maximum Gasteiger partial charge on any atom is 0.573 e. The Labute approximate surface area is 175 Å². The number of amides is 2. The fourth-order valence-corrected chi connectivity index (χ4v) is 3.36. The first kappa shape index (κ1) is 23.1. The number of benzene rings is 2. The van der Waals surface area contributed by atoms with E-state index in [2.05, 4.69) is 15.4 Å². The third-order valence-electron chi connectivity index (χ3n) is 3.71. The predicted molar refractivity (Wildman–Crippen MR) is 106 cm³/mol. The third-order valence-corrected chi connectivity index (χ3v) is 4.82. The summed E-state index contributed by atoms with van der Waals surface area (Å²) in [5, 5.41) is 13.7. The highest BCUT2D eigenvalue weighted by Gasteiger charge is 2.31. The number of alkyl halides is 3. The summed E-state index contributed by atoms with van der Waals surface area (Å²) in [4.78, 5) is 24.6. The first-order valence-corrected chi connectivity index (χ1v) is 9.87. The summed E-state index contributed by atoms with van der Waals surface area (Å²) in [6.07, 6.45) is -4.75. The second kappa shape index (κ2) is 11.1. The van der Waals surface area contributed by atoms with Crippen LogP contribution < -0.4 is 15.4 Å². The van der Waals surface area contributed by atoms with Crippen LogP contribution in [0.5, 0.6) is 5.75 Å². The van der Waals surface area contributed by atoms with Crippen molar-refractivity contribution < 1.29 is 27.5 Å². The Bertz CT molecular complexity index is 884. The summed E-state index contributed by atoms with van der Waals surface area (Å²) < 4.78 is 40.4. The van der Waals surface area contributed by atoms with Gasteiger partial charge < -0.3 is 15.4 Å². The van der Waals surface area contributed by atoms with Gasteiger partial charge in [-0.25, -0.2) is 0 Å². The molecule has 10 heteroatoms. The lowest BCUT2D eigenvalue weighted by Gasteiger charge is -2.17. The zero-order valence-corrected chi connectivity index (χ0v) is 16.4. The number of hydrogen-bond donors (Lipinski definition) is 2. The van der Waals surface area contributed by atoms with Crippen LogP contribution in [0.4, 0.5) is 13.2 Å². The number of carbonyl (C=O) groups is 2. The van der Waals surface area contributed by atoms with E-state index in [1.165, 1.54) is 36.0 Å². The molecule has 0 radical (unpaired) electrons. The molecule has 1 atom stereocenters. The fourth-order valence-electron chi connectivity index (χ4n) is 2.35. The van der Waals surface area contributed by atoms with Crippen LogP contribution in [0.25, 0.3) is 0 Å². The van der Waals surface area contributed by atoms with E-state index < -0.39 is 24.2 Å². The van der Waals surface area contributed by atoms with Crippen LogP contribution in [0.15, 0.2) is 54.6 Å². The molecule has 0 spiro atoms. The van der Waals surface area contributed by atoms with Gasteiger partial charge in [0.15, 0.2) is 0 Å². The highest BCUT2D eigenvalue weighted by molar-refractivity contribution is 7.98. The van der Waals surface area contributed by atoms with Crippen molar-refractivity contribution in [2.45, 2.75) is 18.2 Å². The van der Waals surface area contributed by atoms with Gasteiger partial charge in [0, 0.05) is 17.1 Å². The Morgan fingerprint density at radius 3 is 2.37 bits per heavy atom. The Morgan fingerprint density at radius 1 is 1.10 bits per heavy atom. The van der Waals surface area contributed by atoms with Gasteiger partial charge in [0.05, 0.1) is 6.07 Å². The van der Waals surface area contributed by atoms with Crippen molar-refractivity contribution in [2.75, 3.05) is 12.3 Å². The Kier molecular flexibility index (Phi) is 8.55. The van der Waals surface area contributed by atoms with Crippen LogP contribution >= 0.6 is 11.8 Å². The van der Waals surface area contributed by atoms with Crippen molar-refractivity contribution in [1.29, 1.82) is 5.26 Å². The molecule has 30 heavy (non-hydrogen) atoms. The standard InChI is InChI=1S/C20H18F3N3O3S/c21-20(22,23)29-16-8-6-14(7-9-16)12-30-13-17(19(28)25-11-10-24)26-18(27)15-4-2-1-3-5-15/h1-9,17H,11-13H2,(H,25,28)(H,26,27)/t17-/m0/s1. The molecule has 6 nitrogen and oxygen atoms in total. The van der Waals surface area contributed by atoms with Crippen LogP contribution in [0.2, 0.25) is 0 Å². The topological polar surface area (TPSA) is 91.2 Å². The maximum absolute atomic E-state index is 12.3. The minimum atomic E-state index is -4.75. The summed E-state index contributed by atoms with van der Waals surface area (Å²) in [5.41, 5.74) is 1.11. The number of thioether (sulfide) groups is 1. The first-order chi connectivity index (χ1) is 14.3. The molecule has 0 aliphatic heterocycles. The molecule has 2 aromatic carbocycles. The molecule has 2 N–H and O–H groups in total. The summed E-state index contributed by atoms with van der Waals surface area (Å²) in [5.74, 6) is -0.643. The summed E-state index contributed by atoms with van der Waals surface area (Å²) in [6, 6.07) is 14.7. The average molecular weight is 437 g/mol. The number of hydrogen-bond acceptors (Lipinski definition) is 5. The van der Waals surface area contributed by atoms with Crippen LogP contribution in [-0.2, 0) is 10.5 Å². The molecular weight excluding hydrogens is 419 g/mol. The van der Waals surface area contributed by atoms with Crippen molar-refractivity contribution in [1.82, 2.24) is 10.6 Å². The van der Waals surface area contributed by atoms with E-state index in [0.29, 0.717) is 11.3 Å². The quantitative estimate of drug-likeness (QED) is 0.588. The average Bonchev–Trinajstić information content (AvgIpc) is 2.72. The fraction of sp³-hybridized carbons (Fsp3) is 0.250. The van der Waals surface area contributed by atoms with Gasteiger partial charge in [-0.2, -0.15) is 17.0 Å². The minimum Gasteiger partial charge on any atom is -0.406 e. The second-order valence-corrected chi connectivity index (χ2v) is 7.01. The smallest absolute Gasteiger partial charge is 0.406 e. The molecule has 0 bridgehead atoms. The summed E-state index contributed by atoms with van der Waals surface area (Å²) in [7, 11) is 0. The van der Waals surface area contributed by atoms with E-state index in [1.807, 2.05) is 0 Å². The second-order valence-electron chi connectivity index (χ2n) is 5.97. The molecule has 0 heterocycles. The van der Waals surface area contributed by atoms with Crippen molar-refractivity contribution in [3.05, 3.63) is 65.7 Å². The molecule has 158 valence electrons. The number of nitrogens with zero attached hydrogens (tertiary/aromatic N) is 1. The number of ether oxygens (including phenoxy) is 1. The summed E-state index contributed by atoms with van der Waals surface area (Å²) >= 11 is 1.31. The predicted octanol–water partition coefficient (Wildman–Crippen LogP) is 3.26. The van der Waals surface area contributed by atoms with E-state index in [9.17, 15) is 22.8 Å². The van der Waals surface area contributed by atoms with Gasteiger partial charge >= 0.3 is 6.36 Å². The lowest BCUT2D eigenvalue weighted by molar-refractivity contribution is -0.274. The Balaban J connectivity index is 1.94. The van der Waals surface area contributed by atoms with Crippen molar-refractivity contribution in [2.24, 2.45) is 0 Å². The van der Waals surface area contributed by atoms with Gasteiger partial charge in [-0.1, -0.05) is 30.3 Å². The van der Waals surface area contributed by atoms with Crippen molar-refractivity contribution in [3.63, 3.8) is 0 Å². The molecule has 0 aliphatic carbocycles. The third kappa shape index (κ3) is 8.05. The Hall–Kier alpha value is -3.19. The highest BCUT2D eigenvalue weighted by Crippen LogP contribution is 2.24. The van der Waals surface area contributed by atoms with Crippen LogP contribution in [0.1, 0.15) is 15.9 Å². The molecule has 0 fully saturated rings. The van der Waals surface area contributed by atoms with Crippen LogP contribution in [0.3, 0.4) is 0 Å². The van der Waals surface area contributed by atoms with E-state index in [0.717, 1.165) is 5.56 Å². The molecule has 0 unspecified atom stereocenters. The largest absolute Gasteiger partial charge is 0.573 e. The van der Waals surface area contributed by atoms with E-state index >= 15 is 0 Å². The van der Waals surface area contributed by atoms with E-state index in [1.54, 1.807) is 36.4 Å². The molecule has 0 aromatic heterocycles. The maximum atomic E-state index is 12.3. The molecule has 0 saturated carbocycles. The van der Waals surface area contributed by atoms with Crippen LogP contribution in [0, 0.1) is 11.3 Å². The molecular formula is C20H18F3N3O3S. The lowest BCUT2D eigenvalue weighted by atomic mass is 10.2. The lowest BCUT2D eigenvalue weighted by Crippen LogP contribution is -2.48. The summed E-state index contributed by atoms with van der Waals surface area (Å²) in [6.45, 7) is -0.193. The normalized spacial score (nSPS) is 11.8. The number of nitriles is 1. The first-order valence-electron chi connectivity index (χ1n) is 8.71. The van der Waals surface area contributed by atoms with Gasteiger partial charge in [-0.15, -0.1) is 13.2 Å². The van der Waals surface area contributed by atoms with Crippen molar-refractivity contribution >= 4 is 23.6 Å². The van der Waals surface area contributed by atoms with Gasteiger partial charge in [0.25, 0.3) is 5.91 Å². The number of rotatable bonds is 9. The van der Waals surface area contributed by atoms with Gasteiger partial charge in [-0.05, 0) is 29.8 Å². The van der Waals surface area contributed by atoms with Gasteiger partial charge in [0.1, 0.15) is 18.3 Å². The van der Waals surface area contributed by atoms with Gasteiger partial charge in [-0.3, -0.25) is 9.59 Å². The number of halogens is 3. The van der Waals surface area contributed by atoms with E-state index in [4.69, 9.17) is 5.26 Å². The van der Waals surface area contributed by atoms with E-state index in [-0.39, 0.29) is 18.0 Å². The number of nitrogens with one attached hydrogen (secondary N) is 2. The highest BCUT2D eigenvalue weighted by atomic mass is 32.2. The zero-order chi connectivity index (χ0) is 22.0. The molecule has 0 aliphatic rings. The molecule has 2 amide bonds. The Morgan fingerprint density at radius 2 is 1.77 bits per heavy atom.